The Morgan fingerprint density at radius 2 is 2.00 bits per heavy atom. The quantitative estimate of drug-likeness (QED) is 0.653. The maximum Gasteiger partial charge on any atom is 0.352 e. The van der Waals surface area contributed by atoms with Crippen molar-refractivity contribution in [2.24, 2.45) is 0 Å². The molecule has 1 atom stereocenters. The summed E-state index contributed by atoms with van der Waals surface area (Å²) in [5.74, 6) is -0.890. The van der Waals surface area contributed by atoms with Crippen molar-refractivity contribution in [3.8, 4) is 0 Å². The van der Waals surface area contributed by atoms with E-state index >= 15 is 0 Å². The molecule has 0 saturated carbocycles. The van der Waals surface area contributed by atoms with E-state index in [0.717, 1.165) is 53.6 Å². The lowest BCUT2D eigenvalue weighted by molar-refractivity contribution is 0.0684. The standard InChI is InChI=1S/C23H26N2O3/c1-16-7-2-3-8-17(16)15-25-21-11-5-4-10-19(21)20(22(25)23(26)27)14-24-13-18-9-6-12-28-18/h2-5,7-8,10-11,18,24H,6,9,12-15H2,1H3,(H,26,27)/t18-/m0/s1. The van der Waals surface area contributed by atoms with Gasteiger partial charge in [-0.25, -0.2) is 4.79 Å². The van der Waals surface area contributed by atoms with Gasteiger partial charge in [0.15, 0.2) is 0 Å². The van der Waals surface area contributed by atoms with Crippen LogP contribution >= 0.6 is 0 Å². The molecular formula is C23H26N2O3. The van der Waals surface area contributed by atoms with Gasteiger partial charge < -0.3 is 19.7 Å². The smallest absolute Gasteiger partial charge is 0.352 e. The molecule has 1 aliphatic rings. The molecule has 0 unspecified atom stereocenters. The maximum atomic E-state index is 12.2. The Morgan fingerprint density at radius 3 is 2.75 bits per heavy atom. The fourth-order valence-corrected chi connectivity index (χ4v) is 4.08. The van der Waals surface area contributed by atoms with E-state index < -0.39 is 5.97 Å². The second-order valence-electron chi connectivity index (χ2n) is 7.43. The first kappa shape index (κ1) is 18.7. The van der Waals surface area contributed by atoms with Crippen molar-refractivity contribution in [3.63, 3.8) is 0 Å². The van der Waals surface area contributed by atoms with E-state index in [1.54, 1.807) is 0 Å². The molecule has 146 valence electrons. The number of hydrogen-bond donors (Lipinski definition) is 2. The van der Waals surface area contributed by atoms with E-state index in [9.17, 15) is 9.90 Å². The number of hydrogen-bond acceptors (Lipinski definition) is 3. The molecule has 0 amide bonds. The van der Waals surface area contributed by atoms with Crippen LogP contribution in [0.4, 0.5) is 0 Å². The van der Waals surface area contributed by atoms with Crippen molar-refractivity contribution in [3.05, 3.63) is 70.9 Å². The highest BCUT2D eigenvalue weighted by atomic mass is 16.5. The first-order chi connectivity index (χ1) is 13.6. The van der Waals surface area contributed by atoms with E-state index in [1.807, 2.05) is 41.0 Å². The van der Waals surface area contributed by atoms with E-state index in [0.29, 0.717) is 18.8 Å². The van der Waals surface area contributed by atoms with Crippen molar-refractivity contribution in [1.29, 1.82) is 0 Å². The highest BCUT2D eigenvalue weighted by Crippen LogP contribution is 2.28. The van der Waals surface area contributed by atoms with Gasteiger partial charge in [0.25, 0.3) is 0 Å². The van der Waals surface area contributed by atoms with Crippen LogP contribution in [0.15, 0.2) is 48.5 Å². The summed E-state index contributed by atoms with van der Waals surface area (Å²) >= 11 is 0. The first-order valence-electron chi connectivity index (χ1n) is 9.85. The van der Waals surface area contributed by atoms with Crippen LogP contribution in [0.1, 0.15) is 40.0 Å². The van der Waals surface area contributed by atoms with Gasteiger partial charge in [0.05, 0.1) is 6.10 Å². The molecule has 1 saturated heterocycles. The molecule has 1 fully saturated rings. The van der Waals surface area contributed by atoms with Crippen LogP contribution in [0.3, 0.4) is 0 Å². The molecule has 5 heteroatoms. The molecule has 0 aliphatic carbocycles. The summed E-state index contributed by atoms with van der Waals surface area (Å²) in [7, 11) is 0. The number of nitrogens with zero attached hydrogens (tertiary/aromatic N) is 1. The van der Waals surface area contributed by atoms with Crippen molar-refractivity contribution >= 4 is 16.9 Å². The van der Waals surface area contributed by atoms with Crippen molar-refractivity contribution in [1.82, 2.24) is 9.88 Å². The Labute approximate surface area is 164 Å². The molecule has 1 aliphatic heterocycles. The lowest BCUT2D eigenvalue weighted by atomic mass is 10.1. The fraction of sp³-hybridized carbons (Fsp3) is 0.348. The lowest BCUT2D eigenvalue weighted by Crippen LogP contribution is -2.26. The SMILES string of the molecule is Cc1ccccc1Cn1c(C(=O)O)c(CNC[C@@H]2CCCO2)c2ccccc21. The predicted octanol–water partition coefficient (Wildman–Crippen LogP) is 3.96. The number of para-hydroxylation sites is 1. The monoisotopic (exact) mass is 378 g/mol. The maximum absolute atomic E-state index is 12.2. The van der Waals surface area contributed by atoms with Crippen LogP contribution in [-0.4, -0.2) is 34.9 Å². The Hall–Kier alpha value is -2.63. The van der Waals surface area contributed by atoms with Gasteiger partial charge in [0, 0.05) is 42.7 Å². The second-order valence-corrected chi connectivity index (χ2v) is 7.43. The largest absolute Gasteiger partial charge is 0.477 e. The topological polar surface area (TPSA) is 63.5 Å². The summed E-state index contributed by atoms with van der Waals surface area (Å²) in [6, 6.07) is 16.1. The summed E-state index contributed by atoms with van der Waals surface area (Å²) in [5, 5.41) is 14.4. The highest BCUT2D eigenvalue weighted by Gasteiger charge is 2.23. The van der Waals surface area contributed by atoms with Gasteiger partial charge in [0.2, 0.25) is 0 Å². The van der Waals surface area contributed by atoms with Crippen molar-refractivity contribution in [2.45, 2.75) is 39.0 Å². The zero-order valence-corrected chi connectivity index (χ0v) is 16.1. The average molecular weight is 378 g/mol. The first-order valence-corrected chi connectivity index (χ1v) is 9.85. The summed E-state index contributed by atoms with van der Waals surface area (Å²) in [4.78, 5) is 12.2. The Balaban J connectivity index is 1.70. The number of nitrogens with one attached hydrogen (secondary N) is 1. The van der Waals surface area contributed by atoms with Crippen LogP contribution in [0.2, 0.25) is 0 Å². The average Bonchev–Trinajstić information content (AvgIpc) is 3.31. The van der Waals surface area contributed by atoms with E-state index in [-0.39, 0.29) is 6.10 Å². The molecule has 4 rings (SSSR count). The minimum atomic E-state index is -0.890. The Morgan fingerprint density at radius 1 is 1.21 bits per heavy atom. The molecule has 0 spiro atoms. The molecule has 2 aromatic carbocycles. The summed E-state index contributed by atoms with van der Waals surface area (Å²) in [5.41, 5.74) is 4.45. The number of ether oxygens (including phenoxy) is 1. The lowest BCUT2D eigenvalue weighted by Gasteiger charge is -2.13. The van der Waals surface area contributed by atoms with Crippen LogP contribution in [0, 0.1) is 6.92 Å². The van der Waals surface area contributed by atoms with Gasteiger partial charge in [-0.3, -0.25) is 0 Å². The number of carbonyl (C=O) groups is 1. The molecule has 0 radical (unpaired) electrons. The number of carboxylic acids is 1. The minimum absolute atomic E-state index is 0.230. The molecule has 1 aromatic heterocycles. The molecule has 28 heavy (non-hydrogen) atoms. The number of aromatic carboxylic acids is 1. The van der Waals surface area contributed by atoms with Crippen molar-refractivity contribution < 1.29 is 14.6 Å². The number of rotatable bonds is 7. The normalized spacial score (nSPS) is 16.7. The summed E-state index contributed by atoms with van der Waals surface area (Å²) in [6.07, 6.45) is 2.39. The zero-order chi connectivity index (χ0) is 19.5. The van der Waals surface area contributed by atoms with E-state index in [1.165, 1.54) is 0 Å². The van der Waals surface area contributed by atoms with E-state index in [4.69, 9.17) is 4.74 Å². The number of fused-ring (bicyclic) bond motifs is 1. The van der Waals surface area contributed by atoms with Gasteiger partial charge in [-0.1, -0.05) is 42.5 Å². The predicted molar refractivity (Wildman–Crippen MR) is 110 cm³/mol. The van der Waals surface area contributed by atoms with Gasteiger partial charge >= 0.3 is 5.97 Å². The van der Waals surface area contributed by atoms with Crippen molar-refractivity contribution in [2.75, 3.05) is 13.2 Å². The fourth-order valence-electron chi connectivity index (χ4n) is 4.08. The highest BCUT2D eigenvalue weighted by molar-refractivity contribution is 5.98. The Kier molecular flexibility index (Phi) is 5.46. The van der Waals surface area contributed by atoms with Gasteiger partial charge in [-0.15, -0.1) is 0 Å². The third kappa shape index (κ3) is 3.68. The molecule has 2 heterocycles. The van der Waals surface area contributed by atoms with Gasteiger partial charge in [-0.05, 0) is 37.0 Å². The van der Waals surface area contributed by atoms with E-state index in [2.05, 4.69) is 24.4 Å². The summed E-state index contributed by atoms with van der Waals surface area (Å²) < 4.78 is 7.60. The summed E-state index contributed by atoms with van der Waals surface area (Å²) in [6.45, 7) is 4.69. The zero-order valence-electron chi connectivity index (χ0n) is 16.1. The number of aryl methyl sites for hydroxylation is 1. The molecule has 3 aromatic rings. The minimum Gasteiger partial charge on any atom is -0.477 e. The number of benzene rings is 2. The molecule has 0 bridgehead atoms. The number of aromatic nitrogens is 1. The van der Waals surface area contributed by atoms with Crippen LogP contribution < -0.4 is 5.32 Å². The van der Waals surface area contributed by atoms with Crippen LogP contribution in [0.5, 0.6) is 0 Å². The number of carboxylic acid groups (broad SMARTS) is 1. The third-order valence-electron chi connectivity index (χ3n) is 5.57. The molecule has 5 nitrogen and oxygen atoms in total. The molecular weight excluding hydrogens is 352 g/mol. The second kappa shape index (κ2) is 8.17. The van der Waals surface area contributed by atoms with Gasteiger partial charge in [-0.2, -0.15) is 0 Å². The Bertz CT molecular complexity index is 987. The van der Waals surface area contributed by atoms with Crippen LogP contribution in [-0.2, 0) is 17.8 Å². The van der Waals surface area contributed by atoms with Crippen LogP contribution in [0.25, 0.3) is 10.9 Å². The molecule has 2 N–H and O–H groups in total. The van der Waals surface area contributed by atoms with Gasteiger partial charge in [0.1, 0.15) is 5.69 Å². The third-order valence-corrected chi connectivity index (χ3v) is 5.57.